The van der Waals surface area contributed by atoms with Crippen molar-refractivity contribution in [1.82, 2.24) is 15.1 Å². The Morgan fingerprint density at radius 3 is 2.30 bits per heavy atom. The van der Waals surface area contributed by atoms with Crippen molar-refractivity contribution in [2.45, 2.75) is 58.1 Å². The number of nitrogens with one attached hydrogen (secondary N) is 1. The van der Waals surface area contributed by atoms with Crippen molar-refractivity contribution in [3.05, 3.63) is 0 Å². The van der Waals surface area contributed by atoms with Gasteiger partial charge < -0.3 is 19.9 Å². The van der Waals surface area contributed by atoms with Gasteiger partial charge in [0, 0.05) is 39.8 Å². The number of guanidine groups is 1. The van der Waals surface area contributed by atoms with Gasteiger partial charge in [-0.05, 0) is 52.4 Å². The molecule has 1 aliphatic heterocycles. The number of carbonyl (C=O) groups is 1. The molecule has 0 atom stereocenters. The second kappa shape index (κ2) is 7.41. The molecule has 0 bridgehead atoms. The number of hydrogen-bond donors (Lipinski definition) is 1. The molecule has 1 saturated carbocycles. The smallest absolute Gasteiger partial charge is 0.410 e. The standard InChI is InChI=1S/C17H32N4O2/c1-17(2,3)23-16(22)21(12-13-6-7-13)14-8-10-20(11-9-14)15(18-4)19-5/h13-14H,6-12H2,1-5H3,(H,18,19). The summed E-state index contributed by atoms with van der Waals surface area (Å²) in [4.78, 5) is 21.1. The Bertz CT molecular complexity index is 432. The molecule has 1 heterocycles. The summed E-state index contributed by atoms with van der Waals surface area (Å²) in [6, 6.07) is 0.275. The summed E-state index contributed by atoms with van der Waals surface area (Å²) < 4.78 is 5.64. The molecule has 0 aromatic carbocycles. The van der Waals surface area contributed by atoms with Gasteiger partial charge in [-0.1, -0.05) is 0 Å². The van der Waals surface area contributed by atoms with Crippen molar-refractivity contribution < 1.29 is 9.53 Å². The largest absolute Gasteiger partial charge is 0.444 e. The molecule has 2 aliphatic rings. The Labute approximate surface area is 140 Å². The van der Waals surface area contributed by atoms with Crippen LogP contribution in [0.25, 0.3) is 0 Å². The van der Waals surface area contributed by atoms with Crippen LogP contribution in [-0.4, -0.2) is 67.2 Å². The van der Waals surface area contributed by atoms with Crippen molar-refractivity contribution in [3.8, 4) is 0 Å². The second-order valence-corrected chi connectivity index (χ2v) is 7.59. The van der Waals surface area contributed by atoms with Crippen LogP contribution in [0.15, 0.2) is 4.99 Å². The van der Waals surface area contributed by atoms with Gasteiger partial charge in [-0.2, -0.15) is 0 Å². The monoisotopic (exact) mass is 324 g/mol. The third-order valence-electron chi connectivity index (χ3n) is 4.42. The Kier molecular flexibility index (Phi) is 5.76. The molecule has 0 radical (unpaired) electrons. The Hall–Kier alpha value is -1.46. The van der Waals surface area contributed by atoms with E-state index in [1.807, 2.05) is 32.7 Å². The van der Waals surface area contributed by atoms with Crippen molar-refractivity contribution >= 4 is 12.1 Å². The first-order valence-electron chi connectivity index (χ1n) is 8.73. The highest BCUT2D eigenvalue weighted by atomic mass is 16.6. The van der Waals surface area contributed by atoms with Crippen LogP contribution in [0.2, 0.25) is 0 Å². The van der Waals surface area contributed by atoms with E-state index in [9.17, 15) is 4.79 Å². The summed E-state index contributed by atoms with van der Waals surface area (Å²) in [5.41, 5.74) is -0.437. The molecule has 6 nitrogen and oxygen atoms in total. The maximum atomic E-state index is 12.6. The molecule has 2 fully saturated rings. The lowest BCUT2D eigenvalue weighted by atomic mass is 10.0. The van der Waals surface area contributed by atoms with Gasteiger partial charge in [-0.15, -0.1) is 0 Å². The first-order chi connectivity index (χ1) is 10.8. The lowest BCUT2D eigenvalue weighted by Crippen LogP contribution is -2.52. The number of aliphatic imine (C=N–C) groups is 1. The van der Waals surface area contributed by atoms with E-state index in [2.05, 4.69) is 15.2 Å². The first kappa shape index (κ1) is 17.9. The number of nitrogens with zero attached hydrogens (tertiary/aromatic N) is 3. The fourth-order valence-electron chi connectivity index (χ4n) is 3.07. The molecule has 1 amide bonds. The highest BCUT2D eigenvalue weighted by Crippen LogP contribution is 2.32. The zero-order valence-electron chi connectivity index (χ0n) is 15.3. The van der Waals surface area contributed by atoms with E-state index in [4.69, 9.17) is 4.74 Å². The van der Waals surface area contributed by atoms with E-state index in [0.29, 0.717) is 5.92 Å². The third kappa shape index (κ3) is 5.29. The Balaban J connectivity index is 1.96. The van der Waals surface area contributed by atoms with E-state index in [0.717, 1.165) is 38.4 Å². The number of amides is 1. The van der Waals surface area contributed by atoms with Gasteiger partial charge in [0.05, 0.1) is 0 Å². The van der Waals surface area contributed by atoms with Crippen molar-refractivity contribution in [1.29, 1.82) is 0 Å². The van der Waals surface area contributed by atoms with Crippen LogP contribution in [0.1, 0.15) is 46.5 Å². The van der Waals surface area contributed by atoms with Gasteiger partial charge in [0.15, 0.2) is 5.96 Å². The summed E-state index contributed by atoms with van der Waals surface area (Å²) in [6.07, 6.45) is 4.26. The van der Waals surface area contributed by atoms with Crippen LogP contribution in [-0.2, 0) is 4.74 Å². The van der Waals surface area contributed by atoms with E-state index in [1.54, 1.807) is 7.05 Å². The number of carbonyl (C=O) groups excluding carboxylic acids is 1. The van der Waals surface area contributed by atoms with E-state index >= 15 is 0 Å². The van der Waals surface area contributed by atoms with E-state index in [1.165, 1.54) is 12.8 Å². The SMILES string of the molecule is CN=C(NC)N1CCC(N(CC2CC2)C(=O)OC(C)(C)C)CC1. The second-order valence-electron chi connectivity index (χ2n) is 7.59. The van der Waals surface area contributed by atoms with Crippen LogP contribution in [0.3, 0.4) is 0 Å². The molecule has 132 valence electrons. The number of ether oxygens (including phenoxy) is 1. The number of hydrogen-bond acceptors (Lipinski definition) is 3. The predicted octanol–water partition coefficient (Wildman–Crippen LogP) is 2.30. The molecule has 1 N–H and O–H groups in total. The first-order valence-corrected chi connectivity index (χ1v) is 8.73. The molecule has 2 rings (SSSR count). The van der Waals surface area contributed by atoms with Gasteiger partial charge in [0.1, 0.15) is 5.60 Å². The zero-order chi connectivity index (χ0) is 17.0. The minimum Gasteiger partial charge on any atom is -0.444 e. The molecule has 0 aromatic rings. The molecule has 6 heteroatoms. The fraction of sp³-hybridized carbons (Fsp3) is 0.882. The summed E-state index contributed by atoms with van der Waals surface area (Å²) in [5, 5.41) is 3.13. The molecule has 0 aromatic heterocycles. The Morgan fingerprint density at radius 1 is 1.26 bits per heavy atom. The lowest BCUT2D eigenvalue weighted by molar-refractivity contribution is 0.00929. The maximum Gasteiger partial charge on any atom is 0.410 e. The predicted molar refractivity (Wildman–Crippen MR) is 92.7 cm³/mol. The molecule has 1 aliphatic carbocycles. The van der Waals surface area contributed by atoms with Gasteiger partial charge >= 0.3 is 6.09 Å². The summed E-state index contributed by atoms with van der Waals surface area (Å²) in [6.45, 7) is 8.48. The van der Waals surface area contributed by atoms with Gasteiger partial charge in [0.25, 0.3) is 0 Å². The van der Waals surface area contributed by atoms with Crippen molar-refractivity contribution in [3.63, 3.8) is 0 Å². The summed E-state index contributed by atoms with van der Waals surface area (Å²) >= 11 is 0. The third-order valence-corrected chi connectivity index (χ3v) is 4.42. The number of rotatable bonds is 3. The highest BCUT2D eigenvalue weighted by molar-refractivity contribution is 5.79. The van der Waals surface area contributed by atoms with E-state index < -0.39 is 5.60 Å². The van der Waals surface area contributed by atoms with Crippen LogP contribution < -0.4 is 5.32 Å². The van der Waals surface area contributed by atoms with E-state index in [-0.39, 0.29) is 12.1 Å². The summed E-state index contributed by atoms with van der Waals surface area (Å²) in [5.74, 6) is 1.60. The minimum absolute atomic E-state index is 0.152. The molecule has 0 spiro atoms. The average molecular weight is 324 g/mol. The molecule has 0 unspecified atom stereocenters. The Morgan fingerprint density at radius 2 is 1.87 bits per heavy atom. The number of piperidine rings is 1. The number of likely N-dealkylation sites (tertiary alicyclic amines) is 1. The van der Waals surface area contributed by atoms with Crippen LogP contribution in [0, 0.1) is 5.92 Å². The van der Waals surface area contributed by atoms with Crippen LogP contribution >= 0.6 is 0 Å². The fourth-order valence-corrected chi connectivity index (χ4v) is 3.07. The molecule has 1 saturated heterocycles. The molecular weight excluding hydrogens is 292 g/mol. The summed E-state index contributed by atoms with van der Waals surface area (Å²) in [7, 11) is 3.70. The van der Waals surface area contributed by atoms with Gasteiger partial charge in [-0.3, -0.25) is 4.99 Å². The van der Waals surface area contributed by atoms with Gasteiger partial charge in [-0.25, -0.2) is 4.79 Å². The van der Waals surface area contributed by atoms with Crippen molar-refractivity contribution in [2.75, 3.05) is 33.7 Å². The normalized spacial score (nSPS) is 20.4. The average Bonchev–Trinajstić information content (AvgIpc) is 3.29. The quantitative estimate of drug-likeness (QED) is 0.639. The van der Waals surface area contributed by atoms with Gasteiger partial charge in [0.2, 0.25) is 0 Å². The minimum atomic E-state index is -0.437. The van der Waals surface area contributed by atoms with Crippen LogP contribution in [0.4, 0.5) is 4.79 Å². The topological polar surface area (TPSA) is 57.2 Å². The highest BCUT2D eigenvalue weighted by Gasteiger charge is 2.35. The lowest BCUT2D eigenvalue weighted by Gasteiger charge is -2.40. The maximum absolute atomic E-state index is 12.6. The molecule has 23 heavy (non-hydrogen) atoms. The van der Waals surface area contributed by atoms with Crippen molar-refractivity contribution in [2.24, 2.45) is 10.9 Å². The zero-order valence-corrected chi connectivity index (χ0v) is 15.3. The van der Waals surface area contributed by atoms with Crippen LogP contribution in [0.5, 0.6) is 0 Å². The molecular formula is C17H32N4O2.